The molecule has 0 aliphatic rings. The molecule has 4 heteroatoms. The summed E-state index contributed by atoms with van der Waals surface area (Å²) in [5.41, 5.74) is 0.0333. The molecule has 0 radical (unpaired) electrons. The number of halogens is 1. The van der Waals surface area contributed by atoms with Gasteiger partial charge in [0.25, 0.3) is 0 Å². The van der Waals surface area contributed by atoms with Crippen LogP contribution in [0.15, 0.2) is 18.5 Å². The van der Waals surface area contributed by atoms with Crippen molar-refractivity contribution >= 4 is 0 Å². The molecule has 0 aliphatic heterocycles. The molecule has 0 fully saturated rings. The van der Waals surface area contributed by atoms with Crippen molar-refractivity contribution in [3.63, 3.8) is 0 Å². The fraction of sp³-hybridized carbons (Fsp3) is 0.500. The van der Waals surface area contributed by atoms with E-state index in [0.29, 0.717) is 12.1 Å². The Morgan fingerprint density at radius 1 is 1.57 bits per heavy atom. The Labute approximate surface area is 83.0 Å². The van der Waals surface area contributed by atoms with Gasteiger partial charge in [-0.15, -0.1) is 0 Å². The van der Waals surface area contributed by atoms with Gasteiger partial charge in [-0.1, -0.05) is 6.92 Å². The number of nitrogens with zero attached hydrogens (tertiary/aromatic N) is 1. The maximum Gasteiger partial charge on any atom is 0.141 e. The predicted octanol–water partition coefficient (Wildman–Crippen LogP) is 1.04. The molecule has 14 heavy (non-hydrogen) atoms. The second-order valence-electron chi connectivity index (χ2n) is 3.41. The quantitative estimate of drug-likeness (QED) is 0.759. The monoisotopic (exact) mass is 198 g/mol. The highest BCUT2D eigenvalue weighted by atomic mass is 19.1. The Hall–Kier alpha value is -1.00. The first kappa shape index (κ1) is 11.1. The van der Waals surface area contributed by atoms with Crippen LogP contribution in [0.25, 0.3) is 0 Å². The van der Waals surface area contributed by atoms with Crippen LogP contribution >= 0.6 is 0 Å². The Kier molecular flexibility index (Phi) is 3.55. The van der Waals surface area contributed by atoms with Gasteiger partial charge in [0.15, 0.2) is 0 Å². The third-order valence-corrected chi connectivity index (χ3v) is 2.23. The minimum absolute atomic E-state index is 0.0913. The molecule has 0 aromatic carbocycles. The summed E-state index contributed by atoms with van der Waals surface area (Å²) >= 11 is 0. The largest absolute Gasteiger partial charge is 0.394 e. The van der Waals surface area contributed by atoms with Gasteiger partial charge in [0.1, 0.15) is 5.82 Å². The van der Waals surface area contributed by atoms with Gasteiger partial charge in [0.05, 0.1) is 18.3 Å². The molecular formula is C10H15FN2O. The van der Waals surface area contributed by atoms with E-state index < -0.39 is 5.54 Å². The molecule has 0 spiro atoms. The summed E-state index contributed by atoms with van der Waals surface area (Å²) < 4.78 is 12.9. The molecule has 1 heterocycles. The van der Waals surface area contributed by atoms with Crippen LogP contribution in [0.3, 0.4) is 0 Å². The van der Waals surface area contributed by atoms with Crippen LogP contribution in [-0.2, 0) is 5.54 Å². The average molecular weight is 198 g/mol. The maximum atomic E-state index is 12.9. The number of hydrogen-bond donors (Lipinski definition) is 2. The zero-order valence-electron chi connectivity index (χ0n) is 8.42. The fourth-order valence-corrected chi connectivity index (χ4v) is 1.35. The van der Waals surface area contributed by atoms with E-state index >= 15 is 0 Å². The van der Waals surface area contributed by atoms with E-state index in [-0.39, 0.29) is 12.4 Å². The summed E-state index contributed by atoms with van der Waals surface area (Å²) in [6, 6.07) is 1.38. The molecule has 2 N–H and O–H groups in total. The fourth-order valence-electron chi connectivity index (χ4n) is 1.35. The van der Waals surface area contributed by atoms with Gasteiger partial charge in [0.2, 0.25) is 0 Å². The molecule has 0 saturated heterocycles. The lowest BCUT2D eigenvalue weighted by Crippen LogP contribution is -2.42. The zero-order valence-corrected chi connectivity index (χ0v) is 8.42. The van der Waals surface area contributed by atoms with Gasteiger partial charge in [-0.05, 0) is 25.1 Å². The van der Waals surface area contributed by atoms with E-state index in [1.807, 2.05) is 13.8 Å². The lowest BCUT2D eigenvalue weighted by molar-refractivity contribution is 0.176. The van der Waals surface area contributed by atoms with Crippen molar-refractivity contribution in [2.24, 2.45) is 0 Å². The van der Waals surface area contributed by atoms with Crippen molar-refractivity contribution in [2.45, 2.75) is 19.4 Å². The minimum atomic E-state index is -0.621. The number of nitrogens with one attached hydrogen (secondary N) is 1. The van der Waals surface area contributed by atoms with E-state index in [2.05, 4.69) is 10.3 Å². The van der Waals surface area contributed by atoms with Gasteiger partial charge >= 0.3 is 0 Å². The van der Waals surface area contributed by atoms with Crippen LogP contribution in [0.5, 0.6) is 0 Å². The summed E-state index contributed by atoms with van der Waals surface area (Å²) in [4.78, 5) is 3.75. The molecule has 3 nitrogen and oxygen atoms in total. The third kappa shape index (κ3) is 2.27. The number of aromatic nitrogens is 1. The number of aliphatic hydroxyl groups excluding tert-OH is 1. The average Bonchev–Trinajstić information content (AvgIpc) is 2.18. The van der Waals surface area contributed by atoms with Crippen molar-refractivity contribution in [1.29, 1.82) is 0 Å². The van der Waals surface area contributed by atoms with Crippen molar-refractivity contribution in [1.82, 2.24) is 10.3 Å². The van der Waals surface area contributed by atoms with Crippen LogP contribution in [0.2, 0.25) is 0 Å². The second kappa shape index (κ2) is 4.48. The molecule has 1 atom stereocenters. The highest BCUT2D eigenvalue weighted by Crippen LogP contribution is 2.19. The lowest BCUT2D eigenvalue weighted by atomic mass is 9.94. The standard InChI is InChI=1S/C10H15FN2O/c1-3-13-10(2,7-14)8-4-9(11)6-12-5-8/h4-6,13-14H,3,7H2,1-2H3. The van der Waals surface area contributed by atoms with E-state index in [1.165, 1.54) is 6.07 Å². The maximum absolute atomic E-state index is 12.9. The Morgan fingerprint density at radius 3 is 2.79 bits per heavy atom. The first-order valence-electron chi connectivity index (χ1n) is 4.59. The highest BCUT2D eigenvalue weighted by molar-refractivity contribution is 5.20. The van der Waals surface area contributed by atoms with Gasteiger partial charge in [-0.2, -0.15) is 0 Å². The van der Waals surface area contributed by atoms with Gasteiger partial charge in [-0.3, -0.25) is 4.98 Å². The minimum Gasteiger partial charge on any atom is -0.394 e. The van der Waals surface area contributed by atoms with Gasteiger partial charge in [-0.25, -0.2) is 4.39 Å². The molecule has 1 unspecified atom stereocenters. The van der Waals surface area contributed by atoms with E-state index in [4.69, 9.17) is 0 Å². The molecule has 0 bridgehead atoms. The molecular weight excluding hydrogens is 183 g/mol. The van der Waals surface area contributed by atoms with Gasteiger partial charge in [0, 0.05) is 6.20 Å². The predicted molar refractivity (Wildman–Crippen MR) is 52.3 cm³/mol. The topological polar surface area (TPSA) is 45.1 Å². The molecule has 0 amide bonds. The zero-order chi connectivity index (χ0) is 10.6. The molecule has 78 valence electrons. The first-order chi connectivity index (χ1) is 6.62. The summed E-state index contributed by atoms with van der Waals surface area (Å²) in [6.07, 6.45) is 2.70. The van der Waals surface area contributed by atoms with Crippen LogP contribution in [0.1, 0.15) is 19.4 Å². The molecule has 1 rings (SSSR count). The van der Waals surface area contributed by atoms with E-state index in [1.54, 1.807) is 6.20 Å². The van der Waals surface area contributed by atoms with Crippen LogP contribution in [0, 0.1) is 5.82 Å². The van der Waals surface area contributed by atoms with E-state index in [0.717, 1.165) is 6.20 Å². The van der Waals surface area contributed by atoms with Crippen molar-refractivity contribution in [2.75, 3.05) is 13.2 Å². The van der Waals surface area contributed by atoms with Crippen molar-refractivity contribution in [3.05, 3.63) is 29.8 Å². The summed E-state index contributed by atoms with van der Waals surface area (Å²) in [6.45, 7) is 4.35. The Morgan fingerprint density at radius 2 is 2.29 bits per heavy atom. The van der Waals surface area contributed by atoms with E-state index in [9.17, 15) is 9.50 Å². The summed E-state index contributed by atoms with van der Waals surface area (Å²) in [7, 11) is 0. The number of likely N-dealkylation sites (N-methyl/N-ethyl adjacent to an activating group) is 1. The lowest BCUT2D eigenvalue weighted by Gasteiger charge is -2.28. The summed E-state index contributed by atoms with van der Waals surface area (Å²) in [5.74, 6) is -0.389. The third-order valence-electron chi connectivity index (χ3n) is 2.23. The number of rotatable bonds is 4. The molecule has 1 aromatic heterocycles. The highest BCUT2D eigenvalue weighted by Gasteiger charge is 2.24. The Bertz CT molecular complexity index is 306. The SMILES string of the molecule is CCNC(C)(CO)c1cncc(F)c1. The van der Waals surface area contributed by atoms with Crippen molar-refractivity contribution in [3.8, 4) is 0 Å². The Balaban J connectivity index is 2.99. The van der Waals surface area contributed by atoms with Crippen LogP contribution < -0.4 is 5.32 Å². The van der Waals surface area contributed by atoms with Crippen LogP contribution in [-0.4, -0.2) is 23.2 Å². The van der Waals surface area contributed by atoms with Crippen molar-refractivity contribution < 1.29 is 9.50 Å². The number of pyridine rings is 1. The first-order valence-corrected chi connectivity index (χ1v) is 4.59. The molecule has 1 aromatic rings. The van der Waals surface area contributed by atoms with Gasteiger partial charge < -0.3 is 10.4 Å². The normalized spacial score (nSPS) is 15.1. The number of hydrogen-bond acceptors (Lipinski definition) is 3. The molecule has 0 aliphatic carbocycles. The molecule has 0 saturated carbocycles. The smallest absolute Gasteiger partial charge is 0.141 e. The number of aliphatic hydroxyl groups is 1. The second-order valence-corrected chi connectivity index (χ2v) is 3.41. The summed E-state index contributed by atoms with van der Waals surface area (Å²) in [5, 5.41) is 12.3. The van der Waals surface area contributed by atoms with Crippen LogP contribution in [0.4, 0.5) is 4.39 Å².